The second kappa shape index (κ2) is 6.86. The van der Waals surface area contributed by atoms with Crippen molar-refractivity contribution < 1.29 is 14.6 Å². The first-order valence-electron chi connectivity index (χ1n) is 6.57. The van der Waals surface area contributed by atoms with Crippen LogP contribution in [0.3, 0.4) is 0 Å². The minimum Gasteiger partial charge on any atom is -0.456 e. The summed E-state index contributed by atoms with van der Waals surface area (Å²) in [6, 6.07) is 11.1. The molecule has 0 aliphatic rings. The minimum absolute atomic E-state index is 0.237. The number of aliphatic hydroxyl groups excluding tert-OH is 1. The topological polar surface area (TPSA) is 64.3 Å². The van der Waals surface area contributed by atoms with Crippen molar-refractivity contribution in [2.45, 2.75) is 32.6 Å². The number of hydrogen-bond donors (Lipinski definition) is 1. The zero-order valence-corrected chi connectivity index (χ0v) is 11.4. The van der Waals surface area contributed by atoms with Crippen LogP contribution in [0.2, 0.25) is 0 Å². The molecule has 20 heavy (non-hydrogen) atoms. The van der Waals surface area contributed by atoms with Gasteiger partial charge >= 0.3 is 5.97 Å². The van der Waals surface area contributed by atoms with Gasteiger partial charge in [0.25, 0.3) is 0 Å². The lowest BCUT2D eigenvalue weighted by atomic mass is 10.2. The number of carbonyl (C=O) groups excluding carboxylic acids is 1. The molecule has 0 spiro atoms. The van der Waals surface area contributed by atoms with E-state index >= 15 is 0 Å². The summed E-state index contributed by atoms with van der Waals surface area (Å²) in [7, 11) is 0. The number of benzene rings is 1. The molecular weight excluding hydrogens is 256 g/mol. The molecule has 5 nitrogen and oxygen atoms in total. The molecule has 2 rings (SSSR count). The van der Waals surface area contributed by atoms with Gasteiger partial charge in [-0.3, -0.25) is 4.68 Å². The Labute approximate surface area is 117 Å². The molecule has 0 bridgehead atoms. The molecule has 106 valence electrons. The number of aryl methyl sites for hydroxylation is 1. The summed E-state index contributed by atoms with van der Waals surface area (Å²) < 4.78 is 6.81. The van der Waals surface area contributed by atoms with Gasteiger partial charge in [0.1, 0.15) is 12.3 Å². The number of esters is 1. The number of aliphatic hydroxyl groups is 1. The van der Waals surface area contributed by atoms with Gasteiger partial charge in [0.05, 0.1) is 6.10 Å². The minimum atomic E-state index is -0.424. The lowest BCUT2D eigenvalue weighted by Gasteiger charge is -2.09. The van der Waals surface area contributed by atoms with E-state index in [1.165, 1.54) is 0 Å². The molecule has 1 heterocycles. The van der Waals surface area contributed by atoms with Gasteiger partial charge in [-0.2, -0.15) is 5.10 Å². The summed E-state index contributed by atoms with van der Waals surface area (Å²) in [6.45, 7) is 2.43. The van der Waals surface area contributed by atoms with Gasteiger partial charge in [-0.15, -0.1) is 0 Å². The molecule has 0 fully saturated rings. The lowest BCUT2D eigenvalue weighted by Crippen LogP contribution is -2.15. The summed E-state index contributed by atoms with van der Waals surface area (Å²) in [5.41, 5.74) is 1.34. The summed E-state index contributed by atoms with van der Waals surface area (Å²) >= 11 is 0. The van der Waals surface area contributed by atoms with E-state index in [4.69, 9.17) is 4.74 Å². The Balaban J connectivity index is 1.94. The van der Waals surface area contributed by atoms with Crippen molar-refractivity contribution >= 4 is 5.97 Å². The van der Waals surface area contributed by atoms with Crippen LogP contribution in [0.25, 0.3) is 0 Å². The summed E-state index contributed by atoms with van der Waals surface area (Å²) in [6.07, 6.45) is 1.68. The Hall–Kier alpha value is -2.14. The first-order chi connectivity index (χ1) is 9.66. The number of hydrogen-bond acceptors (Lipinski definition) is 4. The third-order valence-electron chi connectivity index (χ3n) is 2.90. The van der Waals surface area contributed by atoms with E-state index in [0.717, 1.165) is 5.56 Å². The van der Waals surface area contributed by atoms with Crippen molar-refractivity contribution in [2.75, 3.05) is 0 Å². The maximum absolute atomic E-state index is 12.0. The van der Waals surface area contributed by atoms with Crippen molar-refractivity contribution in [2.24, 2.45) is 0 Å². The van der Waals surface area contributed by atoms with Gasteiger partial charge in [0, 0.05) is 12.7 Å². The molecule has 2 aromatic rings. The zero-order valence-electron chi connectivity index (χ0n) is 11.4. The average Bonchev–Trinajstić information content (AvgIpc) is 2.92. The van der Waals surface area contributed by atoms with Crippen LogP contribution in [-0.4, -0.2) is 27.0 Å². The zero-order chi connectivity index (χ0) is 14.4. The fourth-order valence-corrected chi connectivity index (χ4v) is 1.79. The average molecular weight is 274 g/mol. The number of rotatable bonds is 6. The Kier molecular flexibility index (Phi) is 4.90. The lowest BCUT2D eigenvalue weighted by molar-refractivity contribution is 0.0456. The van der Waals surface area contributed by atoms with Crippen LogP contribution >= 0.6 is 0 Å². The molecule has 0 aliphatic carbocycles. The van der Waals surface area contributed by atoms with Crippen molar-refractivity contribution in [1.29, 1.82) is 0 Å². The van der Waals surface area contributed by atoms with Gasteiger partial charge in [-0.25, -0.2) is 4.79 Å². The number of aromatic nitrogens is 2. The summed E-state index contributed by atoms with van der Waals surface area (Å²) in [4.78, 5) is 12.0. The van der Waals surface area contributed by atoms with Crippen LogP contribution in [0.1, 0.15) is 29.4 Å². The number of carbonyl (C=O) groups is 1. The van der Waals surface area contributed by atoms with E-state index in [0.29, 0.717) is 18.7 Å². The maximum Gasteiger partial charge on any atom is 0.356 e. The first-order valence-corrected chi connectivity index (χ1v) is 6.57. The molecule has 5 heteroatoms. The molecule has 0 unspecified atom stereocenters. The fraction of sp³-hybridized carbons (Fsp3) is 0.333. The van der Waals surface area contributed by atoms with Crippen molar-refractivity contribution in [3.63, 3.8) is 0 Å². The molecule has 1 aromatic carbocycles. The van der Waals surface area contributed by atoms with Crippen LogP contribution in [0.5, 0.6) is 0 Å². The van der Waals surface area contributed by atoms with E-state index in [-0.39, 0.29) is 6.61 Å². The van der Waals surface area contributed by atoms with Crippen LogP contribution in [0, 0.1) is 0 Å². The van der Waals surface area contributed by atoms with E-state index < -0.39 is 12.1 Å². The van der Waals surface area contributed by atoms with Crippen molar-refractivity contribution in [3.8, 4) is 0 Å². The summed E-state index contributed by atoms with van der Waals surface area (Å²) in [5.74, 6) is -0.406. The van der Waals surface area contributed by atoms with Crippen molar-refractivity contribution in [3.05, 3.63) is 53.9 Å². The van der Waals surface area contributed by atoms with E-state index in [9.17, 15) is 9.90 Å². The third kappa shape index (κ3) is 3.93. The molecule has 0 aliphatic heterocycles. The molecule has 1 N–H and O–H groups in total. The second-order valence-electron chi connectivity index (χ2n) is 4.64. The van der Waals surface area contributed by atoms with Crippen LogP contribution in [0.15, 0.2) is 42.6 Å². The highest BCUT2D eigenvalue weighted by atomic mass is 16.5. The largest absolute Gasteiger partial charge is 0.456 e. The maximum atomic E-state index is 12.0. The molecular formula is C15H18N2O3. The van der Waals surface area contributed by atoms with Gasteiger partial charge < -0.3 is 9.84 Å². The Morgan fingerprint density at radius 2 is 2.10 bits per heavy atom. The highest BCUT2D eigenvalue weighted by Crippen LogP contribution is 2.07. The number of ether oxygens (including phenoxy) is 1. The van der Waals surface area contributed by atoms with E-state index in [1.807, 2.05) is 30.3 Å². The predicted octanol–water partition coefficient (Wildman–Crippen LogP) is 2.01. The highest BCUT2D eigenvalue weighted by Gasteiger charge is 2.14. The molecule has 0 radical (unpaired) electrons. The van der Waals surface area contributed by atoms with Crippen LogP contribution < -0.4 is 0 Å². The van der Waals surface area contributed by atoms with Crippen LogP contribution in [-0.2, 0) is 17.9 Å². The normalized spacial score (nSPS) is 12.1. The quantitative estimate of drug-likeness (QED) is 0.818. The van der Waals surface area contributed by atoms with Gasteiger partial charge in [-0.05, 0) is 25.0 Å². The Morgan fingerprint density at radius 1 is 1.35 bits per heavy atom. The van der Waals surface area contributed by atoms with Gasteiger partial charge in [0.15, 0.2) is 0 Å². The SMILES string of the molecule is C[C@@H](O)CCn1nccc1C(=O)OCc1ccccc1. The van der Waals surface area contributed by atoms with Crippen LogP contribution in [0.4, 0.5) is 0 Å². The molecule has 1 atom stereocenters. The number of nitrogens with zero attached hydrogens (tertiary/aromatic N) is 2. The third-order valence-corrected chi connectivity index (χ3v) is 2.90. The first kappa shape index (κ1) is 14.3. The highest BCUT2D eigenvalue weighted by molar-refractivity contribution is 5.87. The molecule has 0 saturated heterocycles. The smallest absolute Gasteiger partial charge is 0.356 e. The predicted molar refractivity (Wildman–Crippen MR) is 74.1 cm³/mol. The molecule has 0 saturated carbocycles. The molecule has 1 aromatic heterocycles. The van der Waals surface area contributed by atoms with E-state index in [2.05, 4.69) is 5.10 Å². The Morgan fingerprint density at radius 3 is 2.80 bits per heavy atom. The summed E-state index contributed by atoms with van der Waals surface area (Å²) in [5, 5.41) is 13.3. The molecule has 0 amide bonds. The fourth-order valence-electron chi connectivity index (χ4n) is 1.79. The second-order valence-corrected chi connectivity index (χ2v) is 4.64. The van der Waals surface area contributed by atoms with E-state index in [1.54, 1.807) is 23.9 Å². The van der Waals surface area contributed by atoms with Crippen molar-refractivity contribution in [1.82, 2.24) is 9.78 Å². The Bertz CT molecular complexity index is 549. The standard InChI is InChI=1S/C15H18N2O3/c1-12(18)8-10-17-14(7-9-16-17)15(19)20-11-13-5-3-2-4-6-13/h2-7,9,12,18H,8,10-11H2,1H3/t12-/m1/s1. The monoisotopic (exact) mass is 274 g/mol. The van der Waals surface area contributed by atoms with Gasteiger partial charge in [0.2, 0.25) is 0 Å². The van der Waals surface area contributed by atoms with Gasteiger partial charge in [-0.1, -0.05) is 30.3 Å².